The van der Waals surface area contributed by atoms with Gasteiger partial charge in [0.1, 0.15) is 5.82 Å². The minimum absolute atomic E-state index is 0.0321. The van der Waals surface area contributed by atoms with Gasteiger partial charge in [-0.2, -0.15) is 0 Å². The summed E-state index contributed by atoms with van der Waals surface area (Å²) < 4.78 is 13.4. The summed E-state index contributed by atoms with van der Waals surface area (Å²) in [7, 11) is 0. The van der Waals surface area contributed by atoms with E-state index in [1.54, 1.807) is 0 Å². The molecule has 0 saturated heterocycles. The lowest BCUT2D eigenvalue weighted by atomic mass is 10.0. The molecule has 1 N–H and O–H groups in total. The van der Waals surface area contributed by atoms with Gasteiger partial charge >= 0.3 is 0 Å². The van der Waals surface area contributed by atoms with Gasteiger partial charge in [0.15, 0.2) is 0 Å². The van der Waals surface area contributed by atoms with Crippen molar-refractivity contribution in [3.63, 3.8) is 0 Å². The summed E-state index contributed by atoms with van der Waals surface area (Å²) in [6, 6.07) is 14.6. The molecule has 0 bridgehead atoms. The molecule has 0 aromatic heterocycles. The third kappa shape index (κ3) is 3.08. The summed E-state index contributed by atoms with van der Waals surface area (Å²) >= 11 is 0. The number of carbonyl (C=O) groups excluding carboxylic acids is 1. The quantitative estimate of drug-likeness (QED) is 0.911. The number of carbonyl (C=O) groups is 1. The zero-order valence-electron chi connectivity index (χ0n) is 12.5. The summed E-state index contributed by atoms with van der Waals surface area (Å²) in [6.07, 6.45) is 1.10. The van der Waals surface area contributed by atoms with Crippen LogP contribution in [0.25, 0.3) is 5.57 Å². The van der Waals surface area contributed by atoms with Crippen LogP contribution < -0.4 is 5.32 Å². The van der Waals surface area contributed by atoms with E-state index in [1.165, 1.54) is 12.1 Å². The van der Waals surface area contributed by atoms with Crippen molar-refractivity contribution in [2.24, 2.45) is 0 Å². The molecule has 2 aromatic carbocycles. The van der Waals surface area contributed by atoms with Gasteiger partial charge in [0.25, 0.3) is 0 Å². The first-order valence-electron chi connectivity index (χ1n) is 7.41. The average molecular weight is 295 g/mol. The number of nitrogens with one attached hydrogen (secondary N) is 1. The Bertz CT molecular complexity index is 734. The molecule has 0 saturated carbocycles. The molecule has 0 radical (unpaired) electrons. The second kappa shape index (κ2) is 6.14. The van der Waals surface area contributed by atoms with Crippen LogP contribution in [0.4, 0.5) is 4.39 Å². The van der Waals surface area contributed by atoms with E-state index in [4.69, 9.17) is 0 Å². The highest BCUT2D eigenvalue weighted by Gasteiger charge is 2.21. The summed E-state index contributed by atoms with van der Waals surface area (Å²) in [5.74, 6) is -0.286. The van der Waals surface area contributed by atoms with Gasteiger partial charge in [0, 0.05) is 6.54 Å². The largest absolute Gasteiger partial charge is 0.352 e. The molecule has 0 unspecified atom stereocenters. The molecule has 3 heteroatoms. The van der Waals surface area contributed by atoms with E-state index < -0.39 is 0 Å². The van der Waals surface area contributed by atoms with Crippen molar-refractivity contribution in [1.82, 2.24) is 5.32 Å². The van der Waals surface area contributed by atoms with Gasteiger partial charge in [-0.3, -0.25) is 4.79 Å². The van der Waals surface area contributed by atoms with Gasteiger partial charge in [0.2, 0.25) is 5.91 Å². The van der Waals surface area contributed by atoms with Crippen LogP contribution in [0.5, 0.6) is 0 Å². The van der Waals surface area contributed by atoms with E-state index in [9.17, 15) is 9.18 Å². The number of hydrogen-bond donors (Lipinski definition) is 1. The molecule has 112 valence electrons. The van der Waals surface area contributed by atoms with Gasteiger partial charge in [-0.1, -0.05) is 42.0 Å². The Hall–Kier alpha value is -2.42. The van der Waals surface area contributed by atoms with Gasteiger partial charge in [0.05, 0.1) is 6.42 Å². The minimum atomic E-state index is -0.254. The van der Waals surface area contributed by atoms with Crippen LogP contribution in [-0.2, 0) is 17.8 Å². The van der Waals surface area contributed by atoms with Crippen LogP contribution in [0.1, 0.15) is 30.0 Å². The Kier molecular flexibility index (Phi) is 4.05. The average Bonchev–Trinajstić information content (AvgIpc) is 2.82. The lowest BCUT2D eigenvalue weighted by Crippen LogP contribution is -2.22. The van der Waals surface area contributed by atoms with E-state index in [2.05, 4.69) is 5.32 Å². The number of rotatable bonds is 4. The number of amides is 1. The first-order chi connectivity index (χ1) is 10.6. The topological polar surface area (TPSA) is 29.1 Å². The monoisotopic (exact) mass is 295 g/mol. The highest BCUT2D eigenvalue weighted by atomic mass is 19.1. The Morgan fingerprint density at radius 1 is 1.18 bits per heavy atom. The molecule has 3 rings (SSSR count). The number of fused-ring (bicyclic) bond motifs is 1. The fraction of sp³-hybridized carbons (Fsp3) is 0.211. The Labute approximate surface area is 129 Å². The Morgan fingerprint density at radius 2 is 1.95 bits per heavy atom. The zero-order chi connectivity index (χ0) is 15.5. The SMILES string of the molecule is CC1=C(CC(=O)NCc2ccccc2)c2cc(F)ccc2C1. The van der Waals surface area contributed by atoms with Crippen molar-refractivity contribution in [3.05, 3.63) is 76.6 Å². The Morgan fingerprint density at radius 3 is 2.73 bits per heavy atom. The van der Waals surface area contributed by atoms with Crippen molar-refractivity contribution in [2.45, 2.75) is 26.3 Å². The first-order valence-corrected chi connectivity index (χ1v) is 7.41. The van der Waals surface area contributed by atoms with Gasteiger partial charge in [-0.05, 0) is 47.7 Å². The maximum atomic E-state index is 13.4. The van der Waals surface area contributed by atoms with E-state index in [-0.39, 0.29) is 11.7 Å². The maximum absolute atomic E-state index is 13.4. The second-order valence-electron chi connectivity index (χ2n) is 5.68. The normalized spacial score (nSPS) is 13.2. The fourth-order valence-electron chi connectivity index (χ4n) is 2.87. The predicted molar refractivity (Wildman–Crippen MR) is 85.6 cm³/mol. The smallest absolute Gasteiger partial charge is 0.224 e. The van der Waals surface area contributed by atoms with Crippen LogP contribution in [0.15, 0.2) is 54.1 Å². The minimum Gasteiger partial charge on any atom is -0.352 e. The van der Waals surface area contributed by atoms with E-state index in [0.29, 0.717) is 13.0 Å². The number of hydrogen-bond acceptors (Lipinski definition) is 1. The Balaban J connectivity index is 1.67. The van der Waals surface area contributed by atoms with Crippen LogP contribution in [0.3, 0.4) is 0 Å². The predicted octanol–water partition coefficient (Wildman–Crippen LogP) is 3.86. The second-order valence-corrected chi connectivity index (χ2v) is 5.68. The molecular formula is C19H18FNO. The molecule has 1 aliphatic rings. The molecular weight excluding hydrogens is 277 g/mol. The first kappa shape index (κ1) is 14.5. The highest BCUT2D eigenvalue weighted by Crippen LogP contribution is 2.35. The van der Waals surface area contributed by atoms with E-state index in [1.807, 2.05) is 43.3 Å². The summed E-state index contributed by atoms with van der Waals surface area (Å²) in [5.41, 5.74) is 5.16. The lowest BCUT2D eigenvalue weighted by molar-refractivity contribution is -0.120. The van der Waals surface area contributed by atoms with Gasteiger partial charge < -0.3 is 5.32 Å². The van der Waals surface area contributed by atoms with Crippen molar-refractivity contribution in [2.75, 3.05) is 0 Å². The van der Waals surface area contributed by atoms with Crippen molar-refractivity contribution >= 4 is 11.5 Å². The van der Waals surface area contributed by atoms with Crippen LogP contribution in [-0.4, -0.2) is 5.91 Å². The van der Waals surface area contributed by atoms with Crippen molar-refractivity contribution in [1.29, 1.82) is 0 Å². The van der Waals surface area contributed by atoms with Gasteiger partial charge in [-0.25, -0.2) is 4.39 Å². The summed E-state index contributed by atoms with van der Waals surface area (Å²) in [4.78, 5) is 12.2. The maximum Gasteiger partial charge on any atom is 0.224 e. The molecule has 0 fully saturated rings. The molecule has 22 heavy (non-hydrogen) atoms. The number of benzene rings is 2. The lowest BCUT2D eigenvalue weighted by Gasteiger charge is -2.09. The van der Waals surface area contributed by atoms with Crippen LogP contribution in [0.2, 0.25) is 0 Å². The van der Waals surface area contributed by atoms with E-state index >= 15 is 0 Å². The fourth-order valence-corrected chi connectivity index (χ4v) is 2.87. The third-order valence-electron chi connectivity index (χ3n) is 4.04. The highest BCUT2D eigenvalue weighted by molar-refractivity contribution is 5.91. The zero-order valence-corrected chi connectivity index (χ0v) is 12.5. The summed E-state index contributed by atoms with van der Waals surface area (Å²) in [5, 5.41) is 2.92. The molecule has 0 heterocycles. The van der Waals surface area contributed by atoms with Crippen molar-refractivity contribution in [3.8, 4) is 0 Å². The molecule has 0 aliphatic heterocycles. The van der Waals surface area contributed by atoms with Crippen molar-refractivity contribution < 1.29 is 9.18 Å². The van der Waals surface area contributed by atoms with Crippen LogP contribution in [0, 0.1) is 5.82 Å². The molecule has 0 spiro atoms. The number of halogens is 1. The van der Waals surface area contributed by atoms with E-state index in [0.717, 1.165) is 34.3 Å². The van der Waals surface area contributed by atoms with Crippen LogP contribution >= 0.6 is 0 Å². The molecule has 2 nitrogen and oxygen atoms in total. The molecule has 2 aromatic rings. The molecule has 1 aliphatic carbocycles. The standard InChI is InChI=1S/C19H18FNO/c1-13-9-15-7-8-16(20)10-18(15)17(13)11-19(22)21-12-14-5-3-2-4-6-14/h2-8,10H,9,11-12H2,1H3,(H,21,22). The molecule has 0 atom stereocenters. The van der Waals surface area contributed by atoms with Gasteiger partial charge in [-0.15, -0.1) is 0 Å². The molecule has 1 amide bonds. The number of allylic oxidation sites excluding steroid dienone is 1. The third-order valence-corrected chi connectivity index (χ3v) is 4.04. The summed E-state index contributed by atoms with van der Waals surface area (Å²) in [6.45, 7) is 2.53.